The number of carbonyl (C=O) groups is 1. The second-order valence-corrected chi connectivity index (χ2v) is 7.65. The summed E-state index contributed by atoms with van der Waals surface area (Å²) in [7, 11) is 0. The van der Waals surface area contributed by atoms with Gasteiger partial charge in [0.1, 0.15) is 30.1 Å². The summed E-state index contributed by atoms with van der Waals surface area (Å²) >= 11 is 0. The van der Waals surface area contributed by atoms with Crippen LogP contribution in [0, 0.1) is 0 Å². The molecule has 0 saturated carbocycles. The van der Waals surface area contributed by atoms with E-state index in [2.05, 4.69) is 5.32 Å². The van der Waals surface area contributed by atoms with Crippen molar-refractivity contribution in [3.8, 4) is 5.75 Å². The van der Waals surface area contributed by atoms with Gasteiger partial charge in [0, 0.05) is 12.3 Å². The minimum absolute atomic E-state index is 0.261. The van der Waals surface area contributed by atoms with Crippen LogP contribution in [0.5, 0.6) is 5.75 Å². The lowest BCUT2D eigenvalue weighted by atomic mass is 9.95. The Morgan fingerprint density at radius 3 is 2.75 bits per heavy atom. The van der Waals surface area contributed by atoms with Crippen molar-refractivity contribution in [2.45, 2.75) is 57.2 Å². The molecule has 2 saturated heterocycles. The third-order valence-corrected chi connectivity index (χ3v) is 5.05. The summed E-state index contributed by atoms with van der Waals surface area (Å²) in [6.07, 6.45) is -3.04. The maximum Gasteiger partial charge on any atom is 0.223 e. The number of ether oxygens (including phenoxy) is 4. The van der Waals surface area contributed by atoms with Gasteiger partial charge in [-0.1, -0.05) is 36.4 Å². The first-order valence-electron chi connectivity index (χ1n) is 9.41. The molecule has 0 aromatic heterocycles. The SMILES string of the molecule is CC(=O)N[C@@H]1[C@@H](Oc2cccc3ccccc23)O[C@H]2COC(C)(C)O[C@@H]2[C@H]1O. The molecule has 0 spiro atoms. The average molecular weight is 387 g/mol. The van der Waals surface area contributed by atoms with Gasteiger partial charge >= 0.3 is 0 Å². The van der Waals surface area contributed by atoms with E-state index in [-0.39, 0.29) is 12.5 Å². The minimum atomic E-state index is -1.01. The highest BCUT2D eigenvalue weighted by atomic mass is 16.8. The molecular weight excluding hydrogens is 362 g/mol. The lowest BCUT2D eigenvalue weighted by Gasteiger charge is -2.49. The van der Waals surface area contributed by atoms with Crippen LogP contribution in [0.3, 0.4) is 0 Å². The highest BCUT2D eigenvalue weighted by molar-refractivity contribution is 5.88. The first kappa shape index (κ1) is 19.1. The Morgan fingerprint density at radius 1 is 1.21 bits per heavy atom. The lowest BCUT2D eigenvalue weighted by molar-refractivity contribution is -0.361. The molecule has 2 heterocycles. The Hall–Kier alpha value is -2.19. The molecule has 2 aromatic carbocycles. The number of nitrogens with one attached hydrogen (secondary N) is 1. The third-order valence-electron chi connectivity index (χ3n) is 5.05. The molecule has 5 atom stereocenters. The lowest BCUT2D eigenvalue weighted by Crippen LogP contribution is -2.69. The van der Waals surface area contributed by atoms with Crippen molar-refractivity contribution in [3.05, 3.63) is 42.5 Å². The maximum atomic E-state index is 11.8. The van der Waals surface area contributed by atoms with Crippen LogP contribution in [-0.4, -0.2) is 54.1 Å². The van der Waals surface area contributed by atoms with Gasteiger partial charge in [0.2, 0.25) is 12.2 Å². The van der Waals surface area contributed by atoms with Gasteiger partial charge in [-0.15, -0.1) is 0 Å². The molecule has 1 amide bonds. The van der Waals surface area contributed by atoms with Crippen molar-refractivity contribution in [2.75, 3.05) is 6.61 Å². The molecular formula is C21H25NO6. The van der Waals surface area contributed by atoms with Gasteiger partial charge < -0.3 is 29.4 Å². The van der Waals surface area contributed by atoms with Crippen LogP contribution in [0.25, 0.3) is 10.8 Å². The number of fused-ring (bicyclic) bond motifs is 2. The Morgan fingerprint density at radius 2 is 1.96 bits per heavy atom. The summed E-state index contributed by atoms with van der Waals surface area (Å²) in [4.78, 5) is 11.8. The summed E-state index contributed by atoms with van der Waals surface area (Å²) in [5, 5.41) is 15.6. The van der Waals surface area contributed by atoms with Crippen molar-refractivity contribution in [1.29, 1.82) is 0 Å². The molecule has 0 radical (unpaired) electrons. The standard InChI is InChI=1S/C21H25NO6/c1-12(23)22-17-18(24)19-16(11-25-21(2,3)28-19)27-20(17)26-15-10-6-8-13-7-4-5-9-14(13)15/h4-10,16-20,24H,11H2,1-3H3,(H,22,23)/t16-,17-,18-,19-,20-/m0/s1. The summed E-state index contributed by atoms with van der Waals surface area (Å²) < 4.78 is 23.8. The van der Waals surface area contributed by atoms with Gasteiger partial charge in [-0.05, 0) is 25.3 Å². The summed E-state index contributed by atoms with van der Waals surface area (Å²) in [6.45, 7) is 5.21. The van der Waals surface area contributed by atoms with Crippen molar-refractivity contribution in [1.82, 2.24) is 5.32 Å². The molecule has 4 rings (SSSR count). The summed E-state index contributed by atoms with van der Waals surface area (Å²) in [6, 6.07) is 12.8. The van der Waals surface area contributed by atoms with Crippen LogP contribution < -0.4 is 10.1 Å². The molecule has 2 N–H and O–H groups in total. The van der Waals surface area contributed by atoms with Crippen LogP contribution in [0.4, 0.5) is 0 Å². The smallest absolute Gasteiger partial charge is 0.223 e. The molecule has 2 aliphatic rings. The van der Waals surface area contributed by atoms with E-state index < -0.39 is 36.4 Å². The van der Waals surface area contributed by atoms with Gasteiger partial charge in [-0.25, -0.2) is 0 Å². The Balaban J connectivity index is 1.63. The fraction of sp³-hybridized carbons (Fsp3) is 0.476. The zero-order valence-electron chi connectivity index (χ0n) is 16.1. The zero-order chi connectivity index (χ0) is 19.9. The van der Waals surface area contributed by atoms with Gasteiger partial charge in [0.05, 0.1) is 6.61 Å². The molecule has 2 aromatic rings. The quantitative estimate of drug-likeness (QED) is 0.837. The topological polar surface area (TPSA) is 86.3 Å². The highest BCUT2D eigenvalue weighted by Gasteiger charge is 2.52. The predicted octanol–water partition coefficient (Wildman–Crippen LogP) is 1.96. The Bertz CT molecular complexity index is 864. The van der Waals surface area contributed by atoms with E-state index >= 15 is 0 Å². The first-order valence-corrected chi connectivity index (χ1v) is 9.41. The van der Waals surface area contributed by atoms with E-state index in [1.165, 1.54) is 6.92 Å². The number of benzene rings is 2. The predicted molar refractivity (Wildman–Crippen MR) is 102 cm³/mol. The number of carbonyl (C=O) groups excluding carboxylic acids is 1. The fourth-order valence-corrected chi connectivity index (χ4v) is 3.76. The number of amides is 1. The summed E-state index contributed by atoms with van der Waals surface area (Å²) in [5.41, 5.74) is 0. The summed E-state index contributed by atoms with van der Waals surface area (Å²) in [5.74, 6) is -0.513. The third kappa shape index (κ3) is 3.71. The number of hydrogen-bond donors (Lipinski definition) is 2. The van der Waals surface area contributed by atoms with Crippen LogP contribution in [0.1, 0.15) is 20.8 Å². The van der Waals surface area contributed by atoms with Crippen LogP contribution in [0.2, 0.25) is 0 Å². The number of aliphatic hydroxyl groups is 1. The highest BCUT2D eigenvalue weighted by Crippen LogP contribution is 2.34. The minimum Gasteiger partial charge on any atom is -0.462 e. The van der Waals surface area contributed by atoms with E-state index in [9.17, 15) is 9.90 Å². The first-order chi connectivity index (χ1) is 13.3. The van der Waals surface area contributed by atoms with Crippen molar-refractivity contribution >= 4 is 16.7 Å². The van der Waals surface area contributed by atoms with E-state index in [0.717, 1.165) is 10.8 Å². The number of hydrogen-bond acceptors (Lipinski definition) is 6. The van der Waals surface area contributed by atoms with E-state index in [1.54, 1.807) is 13.8 Å². The Labute approximate surface area is 163 Å². The molecule has 28 heavy (non-hydrogen) atoms. The average Bonchev–Trinajstić information content (AvgIpc) is 2.65. The monoisotopic (exact) mass is 387 g/mol. The van der Waals surface area contributed by atoms with Crippen LogP contribution in [-0.2, 0) is 19.0 Å². The molecule has 7 heteroatoms. The molecule has 7 nitrogen and oxygen atoms in total. The van der Waals surface area contributed by atoms with Gasteiger partial charge in [-0.3, -0.25) is 4.79 Å². The molecule has 2 aliphatic heterocycles. The number of aliphatic hydroxyl groups excluding tert-OH is 1. The molecule has 0 unspecified atom stereocenters. The van der Waals surface area contributed by atoms with Gasteiger partial charge in [0.25, 0.3) is 0 Å². The van der Waals surface area contributed by atoms with Gasteiger partial charge in [0.15, 0.2) is 5.79 Å². The molecule has 0 aliphatic carbocycles. The number of rotatable bonds is 3. The van der Waals surface area contributed by atoms with E-state index in [4.69, 9.17) is 18.9 Å². The maximum absolute atomic E-state index is 11.8. The zero-order valence-corrected chi connectivity index (χ0v) is 16.1. The van der Waals surface area contributed by atoms with Crippen LogP contribution >= 0.6 is 0 Å². The fourth-order valence-electron chi connectivity index (χ4n) is 3.76. The molecule has 150 valence electrons. The van der Waals surface area contributed by atoms with Crippen molar-refractivity contribution in [3.63, 3.8) is 0 Å². The Kier molecular flexibility index (Phi) is 5.01. The van der Waals surface area contributed by atoms with E-state index in [1.807, 2.05) is 42.5 Å². The van der Waals surface area contributed by atoms with E-state index in [0.29, 0.717) is 5.75 Å². The second kappa shape index (κ2) is 7.33. The van der Waals surface area contributed by atoms with Gasteiger partial charge in [-0.2, -0.15) is 0 Å². The van der Waals surface area contributed by atoms with Crippen LogP contribution in [0.15, 0.2) is 42.5 Å². The molecule has 2 fully saturated rings. The van der Waals surface area contributed by atoms with Crippen molar-refractivity contribution in [2.24, 2.45) is 0 Å². The van der Waals surface area contributed by atoms with Crippen molar-refractivity contribution < 1.29 is 28.8 Å². The second-order valence-electron chi connectivity index (χ2n) is 7.65. The largest absolute Gasteiger partial charge is 0.462 e. The molecule has 0 bridgehead atoms. The normalized spacial score (nSPS) is 31.8.